The number of nitrogens with two attached hydrogens (primary N) is 1. The van der Waals surface area contributed by atoms with Gasteiger partial charge in [0.2, 0.25) is 0 Å². The van der Waals surface area contributed by atoms with Crippen LogP contribution < -0.4 is 16.4 Å². The van der Waals surface area contributed by atoms with E-state index in [1.807, 2.05) is 0 Å². The highest BCUT2D eigenvalue weighted by Gasteiger charge is 2.44. The Morgan fingerprint density at radius 1 is 1.23 bits per heavy atom. The molecule has 4 N–H and O–H groups in total. The zero-order valence-corrected chi connectivity index (χ0v) is 17.9. The third-order valence-corrected chi connectivity index (χ3v) is 7.74. The lowest BCUT2D eigenvalue weighted by atomic mass is 10.2. The number of benzene rings is 1. The average Bonchev–Trinajstić information content (AvgIpc) is 3.29. The van der Waals surface area contributed by atoms with E-state index in [0.717, 1.165) is 32.7 Å². The van der Waals surface area contributed by atoms with Gasteiger partial charge in [-0.3, -0.25) is 9.69 Å². The number of hydrogen-bond acceptors (Lipinski definition) is 6. The number of nitrogens with zero attached hydrogens (tertiary/aromatic N) is 2. The number of amides is 3. The van der Waals surface area contributed by atoms with Gasteiger partial charge >= 0.3 is 6.03 Å². The molecule has 3 rings (SSSR count). The molecular weight excluding hydrogens is 452 g/mol. The van der Waals surface area contributed by atoms with Crippen molar-refractivity contribution in [2.24, 2.45) is 5.73 Å². The highest BCUT2D eigenvalue weighted by Crippen LogP contribution is 2.27. The molecule has 0 aliphatic carbocycles. The van der Waals surface area contributed by atoms with Crippen molar-refractivity contribution in [3.8, 4) is 0 Å². The summed E-state index contributed by atoms with van der Waals surface area (Å²) >= 11 is 0.985. The molecular formula is C18H21F2N5O4S2. The second-order valence-electron chi connectivity index (χ2n) is 6.60. The van der Waals surface area contributed by atoms with Gasteiger partial charge in [-0.15, -0.1) is 11.3 Å². The fourth-order valence-corrected chi connectivity index (χ4v) is 5.84. The van der Waals surface area contributed by atoms with Crippen LogP contribution in [0.25, 0.3) is 0 Å². The van der Waals surface area contributed by atoms with Gasteiger partial charge in [0.05, 0.1) is 5.69 Å². The number of nitrogens with one attached hydrogen (secondary N) is 2. The third kappa shape index (κ3) is 5.01. The van der Waals surface area contributed by atoms with Crippen LogP contribution in [-0.2, 0) is 14.8 Å². The number of rotatable bonds is 6. The summed E-state index contributed by atoms with van der Waals surface area (Å²) in [6, 6.07) is 4.67. The number of carbonyl (C=O) groups is 2. The first-order valence-corrected chi connectivity index (χ1v) is 11.6. The quantitative estimate of drug-likeness (QED) is 0.584. The van der Waals surface area contributed by atoms with Crippen LogP contribution in [0.2, 0.25) is 0 Å². The van der Waals surface area contributed by atoms with Gasteiger partial charge in [0, 0.05) is 32.2 Å². The zero-order chi connectivity index (χ0) is 22.6. The summed E-state index contributed by atoms with van der Waals surface area (Å²) in [7, 11) is -4.08. The van der Waals surface area contributed by atoms with Crippen molar-refractivity contribution >= 4 is 39.0 Å². The molecule has 1 fully saturated rings. The summed E-state index contributed by atoms with van der Waals surface area (Å²) in [5.74, 6) is -2.56. The zero-order valence-electron chi connectivity index (χ0n) is 16.3. The Morgan fingerprint density at radius 2 is 2.00 bits per heavy atom. The topological polar surface area (TPSA) is 125 Å². The van der Waals surface area contributed by atoms with Gasteiger partial charge in [-0.1, -0.05) is 6.07 Å². The Hall–Kier alpha value is -2.61. The first-order chi connectivity index (χ1) is 14.8. The standard InChI is InChI=1S/C18H21F2N5O4S2/c19-12-4-5-14(13(20)11-12)23-18(27)24-8-2-9-25(17(24)16(26)22-7-6-21)31(28,29)15-3-1-10-30-15/h1,3-5,10-11,17H,2,6-9,21H2,(H,22,26)(H,23,27). The summed E-state index contributed by atoms with van der Waals surface area (Å²) in [5.41, 5.74) is 5.12. The van der Waals surface area contributed by atoms with Gasteiger partial charge in [-0.05, 0) is 30.0 Å². The second-order valence-corrected chi connectivity index (χ2v) is 9.67. The molecule has 1 aliphatic heterocycles. The minimum absolute atomic E-state index is 0.00956. The largest absolute Gasteiger partial charge is 0.352 e. The van der Waals surface area contributed by atoms with Gasteiger partial charge in [-0.25, -0.2) is 22.0 Å². The Kier molecular flexibility index (Phi) is 7.20. The predicted molar refractivity (Wildman–Crippen MR) is 111 cm³/mol. The average molecular weight is 474 g/mol. The van der Waals surface area contributed by atoms with E-state index in [2.05, 4.69) is 10.6 Å². The van der Waals surface area contributed by atoms with E-state index < -0.39 is 39.8 Å². The molecule has 1 aromatic heterocycles. The third-order valence-electron chi connectivity index (χ3n) is 4.52. The lowest BCUT2D eigenvalue weighted by Gasteiger charge is -2.41. The van der Waals surface area contributed by atoms with Crippen molar-refractivity contribution in [3.05, 3.63) is 47.3 Å². The maximum atomic E-state index is 14.0. The van der Waals surface area contributed by atoms with Crippen LogP contribution in [0.4, 0.5) is 19.3 Å². The minimum atomic E-state index is -4.08. The van der Waals surface area contributed by atoms with Crippen LogP contribution in [0.15, 0.2) is 39.9 Å². The molecule has 1 atom stereocenters. The number of urea groups is 1. The lowest BCUT2D eigenvalue weighted by molar-refractivity contribution is -0.130. The van der Waals surface area contributed by atoms with Crippen molar-refractivity contribution in [1.29, 1.82) is 0 Å². The predicted octanol–water partition coefficient (Wildman–Crippen LogP) is 1.36. The van der Waals surface area contributed by atoms with E-state index in [1.54, 1.807) is 11.4 Å². The molecule has 1 aromatic carbocycles. The SMILES string of the molecule is NCCNC(=O)C1N(C(=O)Nc2ccc(F)cc2F)CCCN1S(=O)(=O)c1cccs1. The smallest absolute Gasteiger partial charge is 0.323 e. The van der Waals surface area contributed by atoms with Crippen molar-refractivity contribution in [2.45, 2.75) is 16.8 Å². The summed E-state index contributed by atoms with van der Waals surface area (Å²) < 4.78 is 54.3. The molecule has 13 heteroatoms. The van der Waals surface area contributed by atoms with Crippen molar-refractivity contribution < 1.29 is 26.8 Å². The molecule has 0 spiro atoms. The molecule has 2 heterocycles. The highest BCUT2D eigenvalue weighted by molar-refractivity contribution is 7.91. The summed E-state index contributed by atoms with van der Waals surface area (Å²) in [4.78, 5) is 26.7. The minimum Gasteiger partial charge on any atom is -0.352 e. The van der Waals surface area contributed by atoms with Gasteiger partial charge in [-0.2, -0.15) is 4.31 Å². The van der Waals surface area contributed by atoms with Crippen LogP contribution in [0.5, 0.6) is 0 Å². The van der Waals surface area contributed by atoms with E-state index in [9.17, 15) is 26.8 Å². The Bertz CT molecular complexity index is 1050. The molecule has 1 unspecified atom stereocenters. The van der Waals surface area contributed by atoms with E-state index >= 15 is 0 Å². The van der Waals surface area contributed by atoms with E-state index in [4.69, 9.17) is 5.73 Å². The summed E-state index contributed by atoms with van der Waals surface area (Å²) in [5, 5.41) is 6.37. The van der Waals surface area contributed by atoms with Crippen molar-refractivity contribution in [3.63, 3.8) is 0 Å². The highest BCUT2D eigenvalue weighted by atomic mass is 32.2. The fraction of sp³-hybridized carbons (Fsp3) is 0.333. The monoisotopic (exact) mass is 473 g/mol. The number of thiophene rings is 1. The van der Waals surface area contributed by atoms with Gasteiger partial charge in [0.25, 0.3) is 15.9 Å². The van der Waals surface area contributed by atoms with Crippen LogP contribution >= 0.6 is 11.3 Å². The molecule has 31 heavy (non-hydrogen) atoms. The molecule has 1 saturated heterocycles. The maximum Gasteiger partial charge on any atom is 0.323 e. The number of sulfonamides is 1. The van der Waals surface area contributed by atoms with Gasteiger partial charge in [0.1, 0.15) is 15.8 Å². The fourth-order valence-electron chi connectivity index (χ4n) is 3.12. The molecule has 1 aliphatic rings. The first-order valence-electron chi connectivity index (χ1n) is 9.31. The summed E-state index contributed by atoms with van der Waals surface area (Å²) in [6.07, 6.45) is -1.25. The van der Waals surface area contributed by atoms with E-state index in [-0.39, 0.29) is 42.5 Å². The normalized spacial score (nSPS) is 17.4. The van der Waals surface area contributed by atoms with E-state index in [1.165, 1.54) is 6.07 Å². The number of halogens is 2. The second kappa shape index (κ2) is 9.68. The van der Waals surface area contributed by atoms with E-state index in [0.29, 0.717) is 6.07 Å². The van der Waals surface area contributed by atoms with Crippen molar-refractivity contribution in [1.82, 2.24) is 14.5 Å². The molecule has 0 bridgehead atoms. The number of hydrogen-bond donors (Lipinski definition) is 3. The van der Waals surface area contributed by atoms with Crippen LogP contribution in [0, 0.1) is 11.6 Å². The van der Waals surface area contributed by atoms with Crippen molar-refractivity contribution in [2.75, 3.05) is 31.5 Å². The first kappa shape index (κ1) is 23.1. The molecule has 168 valence electrons. The molecule has 0 saturated carbocycles. The van der Waals surface area contributed by atoms with Crippen LogP contribution in [0.1, 0.15) is 6.42 Å². The maximum absolute atomic E-state index is 14.0. The molecule has 3 amide bonds. The van der Waals surface area contributed by atoms with Gasteiger partial charge in [0.15, 0.2) is 6.17 Å². The Balaban J connectivity index is 1.93. The van der Waals surface area contributed by atoms with Crippen LogP contribution in [0.3, 0.4) is 0 Å². The number of carbonyl (C=O) groups excluding carboxylic acids is 2. The molecule has 0 radical (unpaired) electrons. The Labute approximate surface area is 181 Å². The lowest BCUT2D eigenvalue weighted by Crippen LogP contribution is -2.64. The number of anilines is 1. The molecule has 9 nitrogen and oxygen atoms in total. The molecule has 2 aromatic rings. The Morgan fingerprint density at radius 3 is 2.65 bits per heavy atom. The van der Waals surface area contributed by atoms with Gasteiger partial charge < -0.3 is 16.4 Å². The van der Waals surface area contributed by atoms with Crippen LogP contribution in [-0.4, -0.2) is 61.9 Å². The summed E-state index contributed by atoms with van der Waals surface area (Å²) in [6.45, 7) is 0.245.